The Bertz CT molecular complexity index is 1830. The standard InChI is InChI=1S/C35H38F2N6O2/c1-5-25-28(36)10-7-21-13-24(44)14-26(29(21)25)31-30(37)32-27(15-38-31)33(43-16-22-8-9-23(17-43)39-22)41-34(40-32)45-19-35(4)18-42(6-2)12-11-20(35)3/h1,7,10,13-15,20,22-23,39,44H,6,8-9,11-12,16-19H2,2-4H3/t20-,22-,23+,35+/m0/s1. The van der Waals surface area contributed by atoms with Crippen molar-refractivity contribution < 1.29 is 18.6 Å². The lowest BCUT2D eigenvalue weighted by Gasteiger charge is -2.44. The van der Waals surface area contributed by atoms with E-state index in [4.69, 9.17) is 16.1 Å². The molecule has 0 radical (unpaired) electrons. The summed E-state index contributed by atoms with van der Waals surface area (Å²) in [5.41, 5.74) is -0.00343. The first kappa shape index (κ1) is 29.6. The number of nitrogens with one attached hydrogen (secondary N) is 1. The van der Waals surface area contributed by atoms with Crippen LogP contribution in [0.2, 0.25) is 0 Å². The van der Waals surface area contributed by atoms with Crippen LogP contribution in [0.15, 0.2) is 30.5 Å². The van der Waals surface area contributed by atoms with Gasteiger partial charge in [0.1, 0.15) is 28.6 Å². The molecule has 3 fully saturated rings. The van der Waals surface area contributed by atoms with Crippen molar-refractivity contribution in [3.63, 3.8) is 0 Å². The summed E-state index contributed by atoms with van der Waals surface area (Å²) in [4.78, 5) is 18.6. The number of rotatable bonds is 6. The number of phenolic OH excluding ortho intramolecular Hbond substituents is 1. The lowest BCUT2D eigenvalue weighted by atomic mass is 9.74. The molecule has 4 atom stereocenters. The van der Waals surface area contributed by atoms with E-state index >= 15 is 4.39 Å². The van der Waals surface area contributed by atoms with Crippen LogP contribution in [-0.4, -0.2) is 76.4 Å². The van der Waals surface area contributed by atoms with Crippen molar-refractivity contribution in [2.45, 2.75) is 52.1 Å². The molecule has 234 valence electrons. The monoisotopic (exact) mass is 612 g/mol. The van der Waals surface area contributed by atoms with E-state index in [1.807, 2.05) is 0 Å². The van der Waals surface area contributed by atoms with Crippen molar-refractivity contribution in [2.24, 2.45) is 11.3 Å². The number of fused-ring (bicyclic) bond motifs is 4. The molecule has 0 aliphatic carbocycles. The number of benzene rings is 2. The average Bonchev–Trinajstić information content (AvgIpc) is 3.38. The predicted octanol–water partition coefficient (Wildman–Crippen LogP) is 5.50. The van der Waals surface area contributed by atoms with Gasteiger partial charge in [0.15, 0.2) is 5.82 Å². The van der Waals surface area contributed by atoms with Crippen LogP contribution in [0, 0.1) is 35.3 Å². The quantitative estimate of drug-likeness (QED) is 0.276. The predicted molar refractivity (Wildman–Crippen MR) is 171 cm³/mol. The lowest BCUT2D eigenvalue weighted by Crippen LogP contribution is -2.51. The number of phenols is 1. The number of piperidine rings is 1. The Morgan fingerprint density at radius 1 is 1.16 bits per heavy atom. The highest BCUT2D eigenvalue weighted by atomic mass is 19.1. The molecule has 45 heavy (non-hydrogen) atoms. The van der Waals surface area contributed by atoms with E-state index in [1.54, 1.807) is 6.20 Å². The first-order valence-corrected chi connectivity index (χ1v) is 15.8. The van der Waals surface area contributed by atoms with Crippen LogP contribution in [0.3, 0.4) is 0 Å². The van der Waals surface area contributed by atoms with Gasteiger partial charge in [0, 0.05) is 54.3 Å². The lowest BCUT2D eigenvalue weighted by molar-refractivity contribution is 0.0107. The second kappa shape index (κ2) is 11.4. The van der Waals surface area contributed by atoms with Gasteiger partial charge >= 0.3 is 6.01 Å². The number of hydrogen-bond donors (Lipinski definition) is 2. The molecule has 3 aliphatic rings. The van der Waals surface area contributed by atoms with Crippen molar-refractivity contribution in [1.82, 2.24) is 25.2 Å². The number of halogens is 2. The van der Waals surface area contributed by atoms with Crippen LogP contribution in [0.25, 0.3) is 32.9 Å². The second-order valence-electron chi connectivity index (χ2n) is 13.2. The van der Waals surface area contributed by atoms with Crippen LogP contribution >= 0.6 is 0 Å². The van der Waals surface area contributed by atoms with Gasteiger partial charge in [-0.05, 0) is 61.9 Å². The highest BCUT2D eigenvalue weighted by Gasteiger charge is 2.38. The van der Waals surface area contributed by atoms with E-state index in [1.165, 1.54) is 24.3 Å². The zero-order valence-electron chi connectivity index (χ0n) is 25.9. The summed E-state index contributed by atoms with van der Waals surface area (Å²) in [5.74, 6) is 1.96. The van der Waals surface area contributed by atoms with Crippen molar-refractivity contribution in [1.29, 1.82) is 0 Å². The Morgan fingerprint density at radius 3 is 2.67 bits per heavy atom. The van der Waals surface area contributed by atoms with E-state index in [9.17, 15) is 9.50 Å². The summed E-state index contributed by atoms with van der Waals surface area (Å²) in [7, 11) is 0. The average molecular weight is 613 g/mol. The molecule has 0 amide bonds. The number of terminal acetylenes is 1. The van der Waals surface area contributed by atoms with Gasteiger partial charge < -0.3 is 25.0 Å². The van der Waals surface area contributed by atoms with Crippen LogP contribution in [0.1, 0.15) is 45.6 Å². The van der Waals surface area contributed by atoms with Gasteiger partial charge in [-0.1, -0.05) is 32.8 Å². The van der Waals surface area contributed by atoms with E-state index in [0.717, 1.165) is 52.0 Å². The Balaban J connectivity index is 1.37. The molecule has 2 N–H and O–H groups in total. The third-order valence-electron chi connectivity index (χ3n) is 10.2. The Labute approximate surface area is 261 Å². The Kier molecular flexibility index (Phi) is 7.49. The fourth-order valence-corrected chi connectivity index (χ4v) is 7.40. The number of likely N-dealkylation sites (tertiary alicyclic amines) is 1. The van der Waals surface area contributed by atoms with E-state index in [0.29, 0.717) is 46.6 Å². The zero-order valence-corrected chi connectivity index (χ0v) is 25.9. The van der Waals surface area contributed by atoms with Gasteiger partial charge in [0.25, 0.3) is 0 Å². The molecule has 5 heterocycles. The minimum absolute atomic E-state index is 0.0246. The largest absolute Gasteiger partial charge is 0.508 e. The molecule has 10 heteroatoms. The molecule has 3 aliphatic heterocycles. The maximum absolute atomic E-state index is 16.8. The van der Waals surface area contributed by atoms with Gasteiger partial charge in [-0.25, -0.2) is 8.78 Å². The van der Waals surface area contributed by atoms with Crippen LogP contribution in [-0.2, 0) is 0 Å². The van der Waals surface area contributed by atoms with Gasteiger partial charge in [-0.3, -0.25) is 4.98 Å². The fourth-order valence-electron chi connectivity index (χ4n) is 7.40. The summed E-state index contributed by atoms with van der Waals surface area (Å²) in [6, 6.07) is 6.33. The molecule has 4 aromatic rings. The zero-order chi connectivity index (χ0) is 31.5. The SMILES string of the molecule is C#Cc1c(F)ccc2cc(O)cc(-c3ncc4c(N5C[C@H]6CC[C@@H](C5)N6)nc(OC[C@@]5(C)CN(CC)CC[C@@H]5C)nc4c3F)c12. The van der Waals surface area contributed by atoms with E-state index in [2.05, 4.69) is 51.8 Å². The maximum Gasteiger partial charge on any atom is 0.319 e. The van der Waals surface area contributed by atoms with Gasteiger partial charge in [-0.15, -0.1) is 6.42 Å². The Hall–Kier alpha value is -4.07. The van der Waals surface area contributed by atoms with Gasteiger partial charge in [0.05, 0.1) is 17.6 Å². The molecule has 0 spiro atoms. The molecule has 7 rings (SSSR count). The number of anilines is 1. The first-order valence-electron chi connectivity index (χ1n) is 15.8. The minimum atomic E-state index is -0.715. The van der Waals surface area contributed by atoms with Crippen molar-refractivity contribution in [3.05, 3.63) is 47.7 Å². The molecule has 2 bridgehead atoms. The highest BCUT2D eigenvalue weighted by molar-refractivity contribution is 6.03. The van der Waals surface area contributed by atoms with Crippen molar-refractivity contribution in [2.75, 3.05) is 44.2 Å². The van der Waals surface area contributed by atoms with E-state index in [-0.39, 0.29) is 39.5 Å². The molecule has 3 saturated heterocycles. The Morgan fingerprint density at radius 2 is 1.93 bits per heavy atom. The van der Waals surface area contributed by atoms with Crippen LogP contribution in [0.5, 0.6) is 11.8 Å². The number of piperazine rings is 1. The number of pyridine rings is 1. The van der Waals surface area contributed by atoms with Gasteiger partial charge in [-0.2, -0.15) is 9.97 Å². The number of aromatic nitrogens is 3. The number of nitrogens with zero attached hydrogens (tertiary/aromatic N) is 5. The summed E-state index contributed by atoms with van der Waals surface area (Å²) in [5, 5.41) is 15.4. The fraction of sp³-hybridized carbons (Fsp3) is 0.457. The van der Waals surface area contributed by atoms with Crippen molar-refractivity contribution >= 4 is 27.5 Å². The molecule has 2 aromatic heterocycles. The summed E-state index contributed by atoms with van der Waals surface area (Å²) in [6.45, 7) is 11.4. The third kappa shape index (κ3) is 5.22. The summed E-state index contributed by atoms with van der Waals surface area (Å²) < 4.78 is 38.0. The molecule has 0 unspecified atom stereocenters. The first-order chi connectivity index (χ1) is 21.7. The number of aromatic hydroxyl groups is 1. The molecule has 2 aromatic carbocycles. The topological polar surface area (TPSA) is 86.6 Å². The maximum atomic E-state index is 16.8. The number of hydrogen-bond acceptors (Lipinski definition) is 8. The van der Waals surface area contributed by atoms with E-state index < -0.39 is 11.6 Å². The molecule has 8 nitrogen and oxygen atoms in total. The normalized spacial score (nSPS) is 25.2. The summed E-state index contributed by atoms with van der Waals surface area (Å²) >= 11 is 0. The van der Waals surface area contributed by atoms with Crippen LogP contribution in [0.4, 0.5) is 14.6 Å². The van der Waals surface area contributed by atoms with Crippen LogP contribution < -0.4 is 15.0 Å². The highest BCUT2D eigenvalue weighted by Crippen LogP contribution is 2.40. The molecular formula is C35H38F2N6O2. The summed E-state index contributed by atoms with van der Waals surface area (Å²) in [6.07, 6.45) is 10.5. The molecular weight excluding hydrogens is 574 g/mol. The third-order valence-corrected chi connectivity index (χ3v) is 10.2. The molecule has 0 saturated carbocycles. The van der Waals surface area contributed by atoms with Crippen molar-refractivity contribution in [3.8, 4) is 35.4 Å². The smallest absolute Gasteiger partial charge is 0.319 e. The minimum Gasteiger partial charge on any atom is -0.508 e. The second-order valence-corrected chi connectivity index (χ2v) is 13.2. The number of ether oxygens (including phenoxy) is 1. The van der Waals surface area contributed by atoms with Gasteiger partial charge in [0.2, 0.25) is 0 Å².